The van der Waals surface area contributed by atoms with Crippen LogP contribution in [0.1, 0.15) is 28.9 Å². The highest BCUT2D eigenvalue weighted by Gasteiger charge is 2.14. The first kappa shape index (κ1) is 15.8. The SMILES string of the molecule is C[C@@H](NC(=O)c1cc(Cl)cc(Cl)c1)c1ccnc2ccccc12. The number of amides is 1. The fourth-order valence-corrected chi connectivity index (χ4v) is 3.06. The van der Waals surface area contributed by atoms with Crippen molar-refractivity contribution in [2.24, 2.45) is 0 Å². The minimum atomic E-state index is -0.220. The zero-order valence-corrected chi connectivity index (χ0v) is 13.9. The summed E-state index contributed by atoms with van der Waals surface area (Å²) < 4.78 is 0. The van der Waals surface area contributed by atoms with E-state index in [2.05, 4.69) is 10.3 Å². The third kappa shape index (κ3) is 3.46. The molecule has 0 spiro atoms. The minimum absolute atomic E-state index is 0.173. The second-order valence-electron chi connectivity index (χ2n) is 5.27. The summed E-state index contributed by atoms with van der Waals surface area (Å²) in [5, 5.41) is 4.87. The van der Waals surface area contributed by atoms with E-state index in [0.29, 0.717) is 15.6 Å². The number of fused-ring (bicyclic) bond motifs is 1. The molecular weight excluding hydrogens is 331 g/mol. The van der Waals surface area contributed by atoms with Crippen molar-refractivity contribution in [2.45, 2.75) is 13.0 Å². The first-order valence-electron chi connectivity index (χ1n) is 7.15. The molecule has 3 rings (SSSR count). The lowest BCUT2D eigenvalue weighted by Crippen LogP contribution is -2.26. The van der Waals surface area contributed by atoms with Gasteiger partial charge in [0.1, 0.15) is 0 Å². The van der Waals surface area contributed by atoms with Crippen LogP contribution in [0.3, 0.4) is 0 Å². The van der Waals surface area contributed by atoms with Crippen molar-refractivity contribution in [1.82, 2.24) is 10.3 Å². The van der Waals surface area contributed by atoms with Gasteiger partial charge in [0, 0.05) is 27.2 Å². The molecule has 1 atom stereocenters. The zero-order valence-electron chi connectivity index (χ0n) is 12.4. The molecule has 1 aromatic heterocycles. The molecule has 0 aliphatic carbocycles. The Morgan fingerprint density at radius 3 is 2.52 bits per heavy atom. The summed E-state index contributed by atoms with van der Waals surface area (Å²) in [6.07, 6.45) is 1.75. The van der Waals surface area contributed by atoms with Gasteiger partial charge in [0.25, 0.3) is 5.91 Å². The molecule has 5 heteroatoms. The molecule has 0 fully saturated rings. The highest BCUT2D eigenvalue weighted by Crippen LogP contribution is 2.24. The van der Waals surface area contributed by atoms with Crippen molar-refractivity contribution in [2.75, 3.05) is 0 Å². The van der Waals surface area contributed by atoms with Crippen LogP contribution in [0, 0.1) is 0 Å². The Balaban J connectivity index is 1.88. The summed E-state index contributed by atoms with van der Waals surface area (Å²) in [5.74, 6) is -0.220. The normalized spacial score (nSPS) is 12.1. The Morgan fingerprint density at radius 2 is 1.78 bits per heavy atom. The molecular formula is C18H14Cl2N2O. The Kier molecular flexibility index (Phi) is 4.51. The first-order chi connectivity index (χ1) is 11.0. The van der Waals surface area contributed by atoms with Crippen LogP contribution in [0.2, 0.25) is 10.0 Å². The summed E-state index contributed by atoms with van der Waals surface area (Å²) in [7, 11) is 0. The first-order valence-corrected chi connectivity index (χ1v) is 7.91. The maximum atomic E-state index is 12.4. The molecule has 0 saturated carbocycles. The van der Waals surface area contributed by atoms with Crippen molar-refractivity contribution >= 4 is 40.0 Å². The Hall–Kier alpha value is -2.10. The van der Waals surface area contributed by atoms with Gasteiger partial charge in [-0.05, 0) is 42.8 Å². The second kappa shape index (κ2) is 6.57. The molecule has 0 aliphatic rings. The molecule has 23 heavy (non-hydrogen) atoms. The number of hydrogen-bond acceptors (Lipinski definition) is 2. The Bertz CT molecular complexity index is 854. The average Bonchev–Trinajstić information content (AvgIpc) is 2.53. The second-order valence-corrected chi connectivity index (χ2v) is 6.14. The minimum Gasteiger partial charge on any atom is -0.345 e. The van der Waals surface area contributed by atoms with Crippen LogP contribution in [-0.4, -0.2) is 10.9 Å². The molecule has 0 unspecified atom stereocenters. The summed E-state index contributed by atoms with van der Waals surface area (Å²) in [6, 6.07) is 14.4. The van der Waals surface area contributed by atoms with E-state index in [1.54, 1.807) is 24.4 Å². The van der Waals surface area contributed by atoms with Gasteiger partial charge in [0.15, 0.2) is 0 Å². The molecule has 3 nitrogen and oxygen atoms in total. The summed E-state index contributed by atoms with van der Waals surface area (Å²) >= 11 is 11.9. The average molecular weight is 345 g/mol. The predicted molar refractivity (Wildman–Crippen MR) is 94.1 cm³/mol. The standard InChI is InChI=1S/C18H14Cl2N2O/c1-11(15-6-7-21-17-5-3-2-4-16(15)17)22-18(23)12-8-13(19)10-14(20)9-12/h2-11H,1H3,(H,22,23)/t11-/m1/s1. The van der Waals surface area contributed by atoms with Crippen molar-refractivity contribution in [1.29, 1.82) is 0 Å². The van der Waals surface area contributed by atoms with Gasteiger partial charge in [0.2, 0.25) is 0 Å². The van der Waals surface area contributed by atoms with Gasteiger partial charge >= 0.3 is 0 Å². The lowest BCUT2D eigenvalue weighted by atomic mass is 10.0. The van der Waals surface area contributed by atoms with Crippen LogP contribution in [0.25, 0.3) is 10.9 Å². The van der Waals surface area contributed by atoms with E-state index in [4.69, 9.17) is 23.2 Å². The van der Waals surface area contributed by atoms with Gasteiger partial charge in [-0.15, -0.1) is 0 Å². The lowest BCUT2D eigenvalue weighted by molar-refractivity contribution is 0.0940. The van der Waals surface area contributed by atoms with Gasteiger partial charge in [-0.3, -0.25) is 9.78 Å². The lowest BCUT2D eigenvalue weighted by Gasteiger charge is -2.16. The van der Waals surface area contributed by atoms with E-state index < -0.39 is 0 Å². The van der Waals surface area contributed by atoms with Crippen LogP contribution in [0.5, 0.6) is 0 Å². The fraction of sp³-hybridized carbons (Fsp3) is 0.111. The zero-order chi connectivity index (χ0) is 16.4. The predicted octanol–water partition coefficient (Wildman–Crippen LogP) is 5.03. The summed E-state index contributed by atoms with van der Waals surface area (Å²) in [5.41, 5.74) is 2.35. The van der Waals surface area contributed by atoms with Gasteiger partial charge in [-0.25, -0.2) is 0 Å². The number of para-hydroxylation sites is 1. The van der Waals surface area contributed by atoms with Crippen molar-refractivity contribution in [3.05, 3.63) is 75.9 Å². The molecule has 0 radical (unpaired) electrons. The summed E-state index contributed by atoms with van der Waals surface area (Å²) in [6.45, 7) is 1.94. The largest absolute Gasteiger partial charge is 0.345 e. The van der Waals surface area contributed by atoms with Crippen LogP contribution in [0.15, 0.2) is 54.7 Å². The monoisotopic (exact) mass is 344 g/mol. The highest BCUT2D eigenvalue weighted by atomic mass is 35.5. The Labute approximate surface area is 144 Å². The molecule has 0 bridgehead atoms. The number of hydrogen-bond donors (Lipinski definition) is 1. The van der Waals surface area contributed by atoms with E-state index in [0.717, 1.165) is 16.5 Å². The van der Waals surface area contributed by atoms with Gasteiger partial charge in [-0.1, -0.05) is 41.4 Å². The van der Waals surface area contributed by atoms with Crippen LogP contribution in [0.4, 0.5) is 0 Å². The molecule has 0 aliphatic heterocycles. The van der Waals surface area contributed by atoms with E-state index in [-0.39, 0.29) is 11.9 Å². The molecule has 3 aromatic rings. The van der Waals surface area contributed by atoms with E-state index in [1.807, 2.05) is 37.3 Å². The van der Waals surface area contributed by atoms with E-state index >= 15 is 0 Å². The van der Waals surface area contributed by atoms with Crippen molar-refractivity contribution < 1.29 is 4.79 Å². The smallest absolute Gasteiger partial charge is 0.251 e. The molecule has 1 heterocycles. The molecule has 2 aromatic carbocycles. The quantitative estimate of drug-likeness (QED) is 0.723. The van der Waals surface area contributed by atoms with E-state index in [9.17, 15) is 4.79 Å². The number of pyridine rings is 1. The third-order valence-corrected chi connectivity index (χ3v) is 4.06. The van der Waals surface area contributed by atoms with Crippen LogP contribution in [-0.2, 0) is 0 Å². The highest BCUT2D eigenvalue weighted by molar-refractivity contribution is 6.35. The fourth-order valence-electron chi connectivity index (χ4n) is 2.54. The Morgan fingerprint density at radius 1 is 1.09 bits per heavy atom. The number of rotatable bonds is 3. The van der Waals surface area contributed by atoms with Gasteiger partial charge < -0.3 is 5.32 Å². The number of benzene rings is 2. The van der Waals surface area contributed by atoms with E-state index in [1.165, 1.54) is 0 Å². The third-order valence-electron chi connectivity index (χ3n) is 3.62. The van der Waals surface area contributed by atoms with Crippen molar-refractivity contribution in [3.63, 3.8) is 0 Å². The number of aromatic nitrogens is 1. The summed E-state index contributed by atoms with van der Waals surface area (Å²) in [4.78, 5) is 16.8. The van der Waals surface area contributed by atoms with Crippen LogP contribution >= 0.6 is 23.2 Å². The molecule has 1 amide bonds. The molecule has 1 N–H and O–H groups in total. The van der Waals surface area contributed by atoms with Crippen molar-refractivity contribution in [3.8, 4) is 0 Å². The maximum absolute atomic E-state index is 12.4. The number of nitrogens with zero attached hydrogens (tertiary/aromatic N) is 1. The van der Waals surface area contributed by atoms with Gasteiger partial charge in [-0.2, -0.15) is 0 Å². The number of halogens is 2. The topological polar surface area (TPSA) is 42.0 Å². The molecule has 0 saturated heterocycles. The number of carbonyl (C=O) groups excluding carboxylic acids is 1. The van der Waals surface area contributed by atoms with Crippen LogP contribution < -0.4 is 5.32 Å². The maximum Gasteiger partial charge on any atom is 0.251 e. The molecule has 116 valence electrons. The van der Waals surface area contributed by atoms with Gasteiger partial charge in [0.05, 0.1) is 11.6 Å². The number of carbonyl (C=O) groups is 1. The number of nitrogens with one attached hydrogen (secondary N) is 1.